The topological polar surface area (TPSA) is 64.7 Å². The summed E-state index contributed by atoms with van der Waals surface area (Å²) >= 11 is 1.30. The molecule has 5 heteroatoms. The van der Waals surface area contributed by atoms with Crippen molar-refractivity contribution >= 4 is 24.1 Å². The van der Waals surface area contributed by atoms with Crippen molar-refractivity contribution in [2.75, 3.05) is 6.26 Å². The lowest BCUT2D eigenvalue weighted by Crippen LogP contribution is -2.18. The number of carbonyl (C=O) groups excluding carboxylic acids is 1. The Labute approximate surface area is 63.8 Å². The Morgan fingerprint density at radius 3 is 2.80 bits per heavy atom. The van der Waals surface area contributed by atoms with Gasteiger partial charge in [-0.05, 0) is 13.2 Å². The number of amides is 1. The van der Waals surface area contributed by atoms with Gasteiger partial charge in [0.15, 0.2) is 0 Å². The van der Waals surface area contributed by atoms with Crippen LogP contribution in [0.1, 0.15) is 6.92 Å². The van der Waals surface area contributed by atoms with E-state index in [9.17, 15) is 4.79 Å². The predicted octanol–water partition coefficient (Wildman–Crippen LogP) is 0.819. The standard InChI is InChI=1S/C5H10N2O2S/c1-3-7-5(10-2)9-4(6)8/h3,5H,1-2H3,(H2,6,8). The molecule has 0 saturated carbocycles. The van der Waals surface area contributed by atoms with Crippen LogP contribution in [0.3, 0.4) is 0 Å². The van der Waals surface area contributed by atoms with Crippen molar-refractivity contribution in [2.24, 2.45) is 10.7 Å². The van der Waals surface area contributed by atoms with E-state index in [1.165, 1.54) is 11.8 Å². The summed E-state index contributed by atoms with van der Waals surface area (Å²) in [7, 11) is 0. The van der Waals surface area contributed by atoms with Crippen molar-refractivity contribution in [3.8, 4) is 0 Å². The lowest BCUT2D eigenvalue weighted by molar-refractivity contribution is 0.149. The van der Waals surface area contributed by atoms with Gasteiger partial charge in [0.05, 0.1) is 0 Å². The quantitative estimate of drug-likeness (QED) is 0.493. The molecule has 4 nitrogen and oxygen atoms in total. The van der Waals surface area contributed by atoms with Crippen molar-refractivity contribution in [2.45, 2.75) is 12.5 Å². The molecule has 58 valence electrons. The van der Waals surface area contributed by atoms with Gasteiger partial charge in [0, 0.05) is 6.21 Å². The highest BCUT2D eigenvalue weighted by Crippen LogP contribution is 2.08. The number of rotatable bonds is 3. The van der Waals surface area contributed by atoms with E-state index in [1.54, 1.807) is 19.4 Å². The largest absolute Gasteiger partial charge is 0.414 e. The second kappa shape index (κ2) is 5.10. The molecule has 0 bridgehead atoms. The van der Waals surface area contributed by atoms with Crippen LogP contribution >= 0.6 is 11.8 Å². The number of aliphatic imine (C=N–C) groups is 1. The normalized spacial score (nSPS) is 13.4. The highest BCUT2D eigenvalue weighted by molar-refractivity contribution is 7.99. The summed E-state index contributed by atoms with van der Waals surface area (Å²) in [5.74, 6) is 0. The first-order valence-electron chi connectivity index (χ1n) is 2.67. The first-order valence-corrected chi connectivity index (χ1v) is 3.96. The number of hydrogen-bond acceptors (Lipinski definition) is 4. The highest BCUT2D eigenvalue weighted by atomic mass is 32.2. The SMILES string of the molecule is CC=NC(OC(N)=O)SC. The molecule has 0 rings (SSSR count). The number of hydrogen-bond donors (Lipinski definition) is 1. The summed E-state index contributed by atoms with van der Waals surface area (Å²) in [6.45, 7) is 1.74. The van der Waals surface area contributed by atoms with E-state index in [-0.39, 0.29) is 0 Å². The summed E-state index contributed by atoms with van der Waals surface area (Å²) in [5, 5.41) is 0. The van der Waals surface area contributed by atoms with Crippen LogP contribution in [-0.4, -0.2) is 24.1 Å². The summed E-state index contributed by atoms with van der Waals surface area (Å²) in [5.41, 5.74) is 4.25. The number of primary amides is 1. The van der Waals surface area contributed by atoms with Crippen LogP contribution in [0.4, 0.5) is 4.79 Å². The predicted molar refractivity (Wildman–Crippen MR) is 42.1 cm³/mol. The van der Waals surface area contributed by atoms with Crippen LogP contribution < -0.4 is 5.73 Å². The molecule has 1 atom stereocenters. The lowest BCUT2D eigenvalue weighted by Gasteiger charge is -2.06. The Morgan fingerprint density at radius 2 is 2.50 bits per heavy atom. The average molecular weight is 162 g/mol. The molecule has 0 aromatic rings. The smallest absolute Gasteiger partial charge is 0.407 e. The van der Waals surface area contributed by atoms with Gasteiger partial charge in [-0.2, -0.15) is 0 Å². The molecule has 0 fully saturated rings. The number of ether oxygens (including phenoxy) is 1. The first kappa shape index (κ1) is 9.29. The molecule has 0 aliphatic heterocycles. The molecule has 0 heterocycles. The van der Waals surface area contributed by atoms with Crippen molar-refractivity contribution in [3.63, 3.8) is 0 Å². The Hall–Kier alpha value is -0.710. The van der Waals surface area contributed by atoms with Gasteiger partial charge in [-0.3, -0.25) is 0 Å². The number of carbonyl (C=O) groups is 1. The minimum atomic E-state index is -0.801. The van der Waals surface area contributed by atoms with Gasteiger partial charge in [0.2, 0.25) is 5.56 Å². The molecule has 0 aromatic carbocycles. The zero-order valence-corrected chi connectivity index (χ0v) is 6.72. The summed E-state index contributed by atoms with van der Waals surface area (Å²) in [6, 6.07) is 0. The fourth-order valence-electron chi connectivity index (χ4n) is 0.360. The summed E-state index contributed by atoms with van der Waals surface area (Å²) in [6.07, 6.45) is 2.54. The van der Waals surface area contributed by atoms with Crippen molar-refractivity contribution in [1.82, 2.24) is 0 Å². The number of nitrogens with two attached hydrogens (primary N) is 1. The van der Waals surface area contributed by atoms with Crippen LogP contribution in [0, 0.1) is 0 Å². The minimum Gasteiger partial charge on any atom is -0.414 e. The van der Waals surface area contributed by atoms with Crippen LogP contribution in [0.15, 0.2) is 4.99 Å². The van der Waals surface area contributed by atoms with Crippen molar-refractivity contribution < 1.29 is 9.53 Å². The Bertz CT molecular complexity index is 138. The molecule has 0 aromatic heterocycles. The third-order valence-corrected chi connectivity index (χ3v) is 1.31. The van der Waals surface area contributed by atoms with Gasteiger partial charge >= 0.3 is 6.09 Å². The van der Waals surface area contributed by atoms with Crippen LogP contribution in [0.2, 0.25) is 0 Å². The van der Waals surface area contributed by atoms with Gasteiger partial charge in [0.25, 0.3) is 0 Å². The summed E-state index contributed by atoms with van der Waals surface area (Å²) < 4.78 is 4.54. The Morgan fingerprint density at radius 1 is 1.90 bits per heavy atom. The zero-order valence-electron chi connectivity index (χ0n) is 5.90. The molecule has 0 aliphatic rings. The van der Waals surface area contributed by atoms with E-state index in [1.807, 2.05) is 0 Å². The monoisotopic (exact) mass is 162 g/mol. The molecule has 1 amide bonds. The fourth-order valence-corrected chi connectivity index (χ4v) is 0.795. The lowest BCUT2D eigenvalue weighted by atomic mass is 10.9. The van der Waals surface area contributed by atoms with Gasteiger partial charge < -0.3 is 10.5 Å². The molecule has 0 saturated heterocycles. The average Bonchev–Trinajstić information content (AvgIpc) is 1.86. The fraction of sp³-hybridized carbons (Fsp3) is 0.600. The highest BCUT2D eigenvalue weighted by Gasteiger charge is 2.05. The maximum atomic E-state index is 10.2. The number of thioether (sulfide) groups is 1. The zero-order chi connectivity index (χ0) is 7.98. The Kier molecular flexibility index (Phi) is 4.74. The maximum absolute atomic E-state index is 10.2. The molecule has 0 radical (unpaired) electrons. The first-order chi connectivity index (χ1) is 4.70. The summed E-state index contributed by atoms with van der Waals surface area (Å²) in [4.78, 5) is 14.0. The third-order valence-electron chi connectivity index (χ3n) is 0.689. The van der Waals surface area contributed by atoms with E-state index >= 15 is 0 Å². The molecule has 2 N–H and O–H groups in total. The van der Waals surface area contributed by atoms with Gasteiger partial charge in [0.1, 0.15) is 0 Å². The third kappa shape index (κ3) is 4.20. The molecular weight excluding hydrogens is 152 g/mol. The molecule has 1 unspecified atom stereocenters. The van der Waals surface area contributed by atoms with Crippen molar-refractivity contribution in [1.29, 1.82) is 0 Å². The van der Waals surface area contributed by atoms with E-state index in [0.29, 0.717) is 0 Å². The second-order valence-corrected chi connectivity index (χ2v) is 2.26. The van der Waals surface area contributed by atoms with E-state index < -0.39 is 11.7 Å². The van der Waals surface area contributed by atoms with Gasteiger partial charge in [-0.25, -0.2) is 9.79 Å². The maximum Gasteiger partial charge on any atom is 0.407 e. The number of nitrogens with zero attached hydrogens (tertiary/aromatic N) is 1. The van der Waals surface area contributed by atoms with Gasteiger partial charge in [-0.1, -0.05) is 11.8 Å². The van der Waals surface area contributed by atoms with E-state index in [0.717, 1.165) is 0 Å². The van der Waals surface area contributed by atoms with Crippen LogP contribution in [0.25, 0.3) is 0 Å². The van der Waals surface area contributed by atoms with E-state index in [2.05, 4.69) is 9.73 Å². The minimum absolute atomic E-state index is 0.498. The van der Waals surface area contributed by atoms with E-state index in [4.69, 9.17) is 5.73 Å². The van der Waals surface area contributed by atoms with Crippen molar-refractivity contribution in [3.05, 3.63) is 0 Å². The molecule has 10 heavy (non-hydrogen) atoms. The molecule has 0 aliphatic carbocycles. The van der Waals surface area contributed by atoms with Gasteiger partial charge in [-0.15, -0.1) is 0 Å². The molecule has 0 spiro atoms. The Balaban J connectivity index is 3.71. The second-order valence-electron chi connectivity index (χ2n) is 1.39. The van der Waals surface area contributed by atoms with Crippen LogP contribution in [0.5, 0.6) is 0 Å². The molecular formula is C5H10N2O2S. The van der Waals surface area contributed by atoms with Crippen LogP contribution in [-0.2, 0) is 4.74 Å².